The second-order valence-electron chi connectivity index (χ2n) is 6.37. The van der Waals surface area contributed by atoms with E-state index in [0.29, 0.717) is 11.1 Å². The fraction of sp³-hybridized carbons (Fsp3) is 0.263. The second-order valence-corrected chi connectivity index (χ2v) is 7.46. The van der Waals surface area contributed by atoms with Gasteiger partial charge in [-0.2, -0.15) is 0 Å². The predicted octanol–water partition coefficient (Wildman–Crippen LogP) is 5.20. The number of hydrogen-bond acceptors (Lipinski definition) is 2. The zero-order valence-electron chi connectivity index (χ0n) is 13.3. The largest absolute Gasteiger partial charge is 0.291 e. The van der Waals surface area contributed by atoms with Gasteiger partial charge in [0.2, 0.25) is 0 Å². The van der Waals surface area contributed by atoms with Crippen molar-refractivity contribution in [3.63, 3.8) is 0 Å². The molecule has 0 aliphatic carbocycles. The van der Waals surface area contributed by atoms with Crippen LogP contribution in [0.3, 0.4) is 0 Å². The average Bonchev–Trinajstić information content (AvgIpc) is 2.52. The number of carbonyl (C=O) groups is 2. The van der Waals surface area contributed by atoms with E-state index >= 15 is 0 Å². The van der Waals surface area contributed by atoms with Crippen molar-refractivity contribution in [2.24, 2.45) is 0 Å². The summed E-state index contributed by atoms with van der Waals surface area (Å²) in [5, 5.41) is 0. The van der Waals surface area contributed by atoms with Crippen molar-refractivity contribution in [2.75, 3.05) is 0 Å². The third-order valence-corrected chi connectivity index (χ3v) is 4.04. The van der Waals surface area contributed by atoms with Crippen molar-refractivity contribution >= 4 is 34.8 Å². The van der Waals surface area contributed by atoms with Crippen LogP contribution in [0.5, 0.6) is 0 Å². The van der Waals surface area contributed by atoms with Gasteiger partial charge in [-0.25, -0.2) is 0 Å². The first kappa shape index (κ1) is 17.7. The van der Waals surface area contributed by atoms with Gasteiger partial charge in [-0.3, -0.25) is 9.59 Å². The number of hydrogen-bond donors (Lipinski definition) is 0. The molecule has 0 saturated carbocycles. The van der Waals surface area contributed by atoms with E-state index < -0.39 is 10.6 Å². The van der Waals surface area contributed by atoms with E-state index in [0.717, 1.165) is 5.56 Å². The van der Waals surface area contributed by atoms with Crippen LogP contribution in [0.15, 0.2) is 48.5 Å². The summed E-state index contributed by atoms with van der Waals surface area (Å²) in [5.74, 6) is -0.688. The Kier molecular flexibility index (Phi) is 5.28. The highest BCUT2D eigenvalue weighted by molar-refractivity contribution is 6.55. The van der Waals surface area contributed by atoms with Crippen LogP contribution in [-0.4, -0.2) is 16.4 Å². The number of Topliss-reactive ketones (excluding diaryl/α,β-unsaturated/α-hetero) is 1. The van der Waals surface area contributed by atoms with E-state index in [9.17, 15) is 9.59 Å². The highest BCUT2D eigenvalue weighted by Gasteiger charge is 2.22. The van der Waals surface area contributed by atoms with Gasteiger partial charge < -0.3 is 0 Å². The van der Waals surface area contributed by atoms with Crippen molar-refractivity contribution < 1.29 is 9.59 Å². The summed E-state index contributed by atoms with van der Waals surface area (Å²) in [5.41, 5.74) is 2.23. The van der Waals surface area contributed by atoms with Gasteiger partial charge in [0.15, 0.2) is 16.4 Å². The number of ketones is 2. The zero-order chi connectivity index (χ0) is 17.2. The molecule has 0 saturated heterocycles. The summed E-state index contributed by atoms with van der Waals surface area (Å²) in [4.78, 5) is 23.6. The van der Waals surface area contributed by atoms with Gasteiger partial charge in [0, 0.05) is 16.7 Å². The van der Waals surface area contributed by atoms with E-state index in [1.807, 2.05) is 12.1 Å². The highest BCUT2D eigenvalue weighted by Crippen LogP contribution is 2.24. The first-order chi connectivity index (χ1) is 10.7. The average molecular weight is 349 g/mol. The molecule has 0 N–H and O–H groups in total. The maximum atomic E-state index is 12.7. The molecule has 2 aromatic carbocycles. The molecule has 0 bridgehead atoms. The molecule has 0 unspecified atom stereocenters. The molecule has 0 atom stereocenters. The predicted molar refractivity (Wildman–Crippen MR) is 94.8 cm³/mol. The van der Waals surface area contributed by atoms with E-state index in [-0.39, 0.29) is 16.8 Å². The first-order valence-electron chi connectivity index (χ1n) is 7.28. The van der Waals surface area contributed by atoms with Gasteiger partial charge in [-0.05, 0) is 11.0 Å². The minimum absolute atomic E-state index is 0.0138. The molecule has 0 aliphatic rings. The van der Waals surface area contributed by atoms with Gasteiger partial charge in [0.25, 0.3) is 0 Å². The normalized spacial score (nSPS) is 11.6. The molecule has 4 heteroatoms. The third-order valence-electron chi connectivity index (χ3n) is 3.65. The van der Waals surface area contributed by atoms with Crippen molar-refractivity contribution in [2.45, 2.75) is 31.0 Å². The van der Waals surface area contributed by atoms with Crippen LogP contribution >= 0.6 is 23.2 Å². The molecule has 0 heterocycles. The summed E-state index contributed by atoms with van der Waals surface area (Å²) in [6.07, 6.45) is 0. The van der Waals surface area contributed by atoms with E-state index in [1.165, 1.54) is 0 Å². The lowest BCUT2D eigenvalue weighted by Gasteiger charge is -2.19. The quantitative estimate of drug-likeness (QED) is 0.561. The summed E-state index contributed by atoms with van der Waals surface area (Å²) >= 11 is 11.3. The Morgan fingerprint density at radius 1 is 0.870 bits per heavy atom. The Morgan fingerprint density at radius 2 is 1.39 bits per heavy atom. The molecule has 120 valence electrons. The van der Waals surface area contributed by atoms with Crippen LogP contribution in [0.25, 0.3) is 0 Å². The summed E-state index contributed by atoms with van der Waals surface area (Å²) in [6.45, 7) is 6.33. The molecule has 2 rings (SSSR count). The number of rotatable bonds is 4. The lowest BCUT2D eigenvalue weighted by atomic mass is 9.86. The van der Waals surface area contributed by atoms with Crippen molar-refractivity contribution in [1.82, 2.24) is 0 Å². The Bertz CT molecular complexity index is 726. The standard InChI is InChI=1S/C19H18Cl2O2/c1-19(2,3)13-10-8-12(9-11-13)16(22)14-6-4-5-7-15(14)17(23)18(20)21/h4-11,18H,1-3H3. The molecule has 0 radical (unpaired) electrons. The highest BCUT2D eigenvalue weighted by atomic mass is 35.5. The topological polar surface area (TPSA) is 34.1 Å². The Labute approximate surface area is 146 Å². The maximum Gasteiger partial charge on any atom is 0.196 e. The van der Waals surface area contributed by atoms with Crippen LogP contribution in [0.1, 0.15) is 52.6 Å². The van der Waals surface area contributed by atoms with Gasteiger partial charge >= 0.3 is 0 Å². The fourth-order valence-electron chi connectivity index (χ4n) is 2.29. The van der Waals surface area contributed by atoms with Gasteiger partial charge in [-0.15, -0.1) is 0 Å². The van der Waals surface area contributed by atoms with Crippen LogP contribution < -0.4 is 0 Å². The van der Waals surface area contributed by atoms with Crippen molar-refractivity contribution in [1.29, 1.82) is 0 Å². The minimum Gasteiger partial charge on any atom is -0.291 e. The Morgan fingerprint density at radius 3 is 1.87 bits per heavy atom. The van der Waals surface area contributed by atoms with Crippen LogP contribution in [0.4, 0.5) is 0 Å². The molecule has 0 amide bonds. The molecule has 0 spiro atoms. The molecular formula is C19H18Cl2O2. The van der Waals surface area contributed by atoms with E-state index in [1.54, 1.807) is 36.4 Å². The lowest BCUT2D eigenvalue weighted by Crippen LogP contribution is -2.15. The molecule has 23 heavy (non-hydrogen) atoms. The van der Waals surface area contributed by atoms with E-state index in [4.69, 9.17) is 23.2 Å². The number of carbonyl (C=O) groups excluding carboxylic acids is 2. The molecule has 0 aromatic heterocycles. The summed E-state index contributed by atoms with van der Waals surface area (Å²) < 4.78 is 0. The molecule has 0 aliphatic heterocycles. The molecule has 0 fully saturated rings. The second kappa shape index (κ2) is 6.86. The zero-order valence-corrected chi connectivity index (χ0v) is 14.8. The van der Waals surface area contributed by atoms with Crippen LogP contribution in [0.2, 0.25) is 0 Å². The van der Waals surface area contributed by atoms with Gasteiger partial charge in [0.1, 0.15) is 0 Å². The molecule has 2 aromatic rings. The van der Waals surface area contributed by atoms with E-state index in [2.05, 4.69) is 20.8 Å². The first-order valence-corrected chi connectivity index (χ1v) is 8.15. The van der Waals surface area contributed by atoms with Crippen molar-refractivity contribution in [3.8, 4) is 0 Å². The number of benzene rings is 2. The van der Waals surface area contributed by atoms with Gasteiger partial charge in [-0.1, -0.05) is 92.5 Å². The molecular weight excluding hydrogens is 331 g/mol. The summed E-state index contributed by atoms with van der Waals surface area (Å²) in [6, 6.07) is 14.0. The summed E-state index contributed by atoms with van der Waals surface area (Å²) in [7, 11) is 0. The minimum atomic E-state index is -1.19. The fourth-order valence-corrected chi connectivity index (χ4v) is 2.53. The van der Waals surface area contributed by atoms with Crippen LogP contribution in [-0.2, 0) is 5.41 Å². The molecule has 2 nitrogen and oxygen atoms in total. The maximum absolute atomic E-state index is 12.7. The monoisotopic (exact) mass is 348 g/mol. The SMILES string of the molecule is CC(C)(C)c1ccc(C(=O)c2ccccc2C(=O)C(Cl)Cl)cc1. The van der Waals surface area contributed by atoms with Crippen LogP contribution in [0, 0.1) is 0 Å². The Balaban J connectivity index is 2.40. The third kappa shape index (κ3) is 4.01. The number of alkyl halides is 2. The lowest BCUT2D eigenvalue weighted by molar-refractivity contribution is 0.0986. The Hall–Kier alpha value is -1.64. The van der Waals surface area contributed by atoms with Gasteiger partial charge in [0.05, 0.1) is 0 Å². The number of halogens is 2. The van der Waals surface area contributed by atoms with Crippen molar-refractivity contribution in [3.05, 3.63) is 70.8 Å². The smallest absolute Gasteiger partial charge is 0.196 e.